The van der Waals surface area contributed by atoms with Crippen LogP contribution in [0, 0.1) is 0 Å². The number of likely N-dealkylation sites (tertiary alicyclic amines) is 1. The highest BCUT2D eigenvalue weighted by atomic mass is 16.5. The standard InChI is InChI=1S/C30H38N4O4/c1-3-37-30(35)28-29(34(32-31-28)21-22-7-15-26(36-2)16-8-22)38-27-17-11-24(12-18-27)23-9-13-25(14-10-23)33-19-5-4-6-20-33/h7-8,11-12,15-18,23,25H,3-6,9-10,13-14,19-21H2,1-2H3. The van der Waals surface area contributed by atoms with Crippen molar-refractivity contribution in [3.05, 3.63) is 65.4 Å². The molecule has 2 aromatic carbocycles. The van der Waals surface area contributed by atoms with Crippen molar-refractivity contribution in [2.24, 2.45) is 0 Å². The third-order valence-electron chi connectivity index (χ3n) is 7.82. The summed E-state index contributed by atoms with van der Waals surface area (Å²) in [7, 11) is 1.63. The first-order valence-corrected chi connectivity index (χ1v) is 13.9. The lowest BCUT2D eigenvalue weighted by Gasteiger charge is -2.39. The third-order valence-corrected chi connectivity index (χ3v) is 7.82. The Morgan fingerprint density at radius 3 is 2.26 bits per heavy atom. The summed E-state index contributed by atoms with van der Waals surface area (Å²) >= 11 is 0. The van der Waals surface area contributed by atoms with E-state index in [1.807, 2.05) is 36.4 Å². The summed E-state index contributed by atoms with van der Waals surface area (Å²) in [5.74, 6) is 1.72. The number of esters is 1. The smallest absolute Gasteiger partial charge is 0.364 e. The highest BCUT2D eigenvalue weighted by Gasteiger charge is 2.28. The van der Waals surface area contributed by atoms with Crippen molar-refractivity contribution in [2.75, 3.05) is 26.8 Å². The number of carbonyl (C=O) groups is 1. The summed E-state index contributed by atoms with van der Waals surface area (Å²) in [6.45, 7) is 4.96. The maximum Gasteiger partial charge on any atom is 0.364 e. The number of ether oxygens (including phenoxy) is 3. The molecule has 0 unspecified atom stereocenters. The Bertz CT molecular complexity index is 1180. The fraction of sp³-hybridized carbons (Fsp3) is 0.500. The number of aromatic nitrogens is 3. The average Bonchev–Trinajstić information content (AvgIpc) is 3.36. The van der Waals surface area contributed by atoms with Gasteiger partial charge in [-0.2, -0.15) is 0 Å². The molecule has 1 aliphatic heterocycles. The number of rotatable bonds is 9. The Morgan fingerprint density at radius 2 is 1.61 bits per heavy atom. The molecule has 8 heteroatoms. The zero-order valence-electron chi connectivity index (χ0n) is 22.5. The third kappa shape index (κ3) is 6.18. The first-order chi connectivity index (χ1) is 18.6. The molecular formula is C30H38N4O4. The van der Waals surface area contributed by atoms with Crippen LogP contribution in [-0.2, 0) is 11.3 Å². The number of hydrogen-bond acceptors (Lipinski definition) is 7. The van der Waals surface area contributed by atoms with Crippen molar-refractivity contribution in [1.82, 2.24) is 19.9 Å². The highest BCUT2D eigenvalue weighted by molar-refractivity contribution is 5.89. The molecule has 0 bridgehead atoms. The van der Waals surface area contributed by atoms with E-state index < -0.39 is 5.97 Å². The van der Waals surface area contributed by atoms with Gasteiger partial charge in [0.15, 0.2) is 0 Å². The zero-order valence-corrected chi connectivity index (χ0v) is 22.5. The van der Waals surface area contributed by atoms with Crippen LogP contribution in [0.2, 0.25) is 0 Å². The Labute approximate surface area is 224 Å². The Balaban J connectivity index is 1.27. The SMILES string of the molecule is CCOC(=O)c1nnn(Cc2ccc(OC)cc2)c1Oc1ccc(C2CCC(N3CCCCC3)CC2)cc1. The van der Waals surface area contributed by atoms with E-state index in [0.717, 1.165) is 17.4 Å². The Morgan fingerprint density at radius 1 is 0.921 bits per heavy atom. The van der Waals surface area contributed by atoms with E-state index in [9.17, 15) is 4.79 Å². The topological polar surface area (TPSA) is 78.7 Å². The van der Waals surface area contributed by atoms with E-state index >= 15 is 0 Å². The molecule has 2 aliphatic rings. The summed E-state index contributed by atoms with van der Waals surface area (Å²) in [6.07, 6.45) is 9.12. The summed E-state index contributed by atoms with van der Waals surface area (Å²) in [5.41, 5.74) is 2.40. The van der Waals surface area contributed by atoms with Gasteiger partial charge in [0.1, 0.15) is 11.5 Å². The maximum atomic E-state index is 12.6. The molecular weight excluding hydrogens is 480 g/mol. The summed E-state index contributed by atoms with van der Waals surface area (Å²) in [6, 6.07) is 16.7. The van der Waals surface area contributed by atoms with Gasteiger partial charge in [-0.25, -0.2) is 9.48 Å². The summed E-state index contributed by atoms with van der Waals surface area (Å²) in [4.78, 5) is 15.3. The molecule has 1 aliphatic carbocycles. The molecule has 8 nitrogen and oxygen atoms in total. The fourth-order valence-electron chi connectivity index (χ4n) is 5.72. The maximum absolute atomic E-state index is 12.6. The van der Waals surface area contributed by atoms with E-state index in [1.165, 1.54) is 63.6 Å². The molecule has 3 aromatic rings. The largest absolute Gasteiger partial charge is 0.497 e. The van der Waals surface area contributed by atoms with Crippen LogP contribution in [0.1, 0.15) is 79.4 Å². The summed E-state index contributed by atoms with van der Waals surface area (Å²) < 4.78 is 18.2. The van der Waals surface area contributed by atoms with Crippen molar-refractivity contribution in [3.8, 4) is 17.4 Å². The van der Waals surface area contributed by atoms with E-state index in [2.05, 4.69) is 27.3 Å². The van der Waals surface area contributed by atoms with Crippen molar-refractivity contribution in [2.45, 2.75) is 70.4 Å². The molecule has 0 spiro atoms. The predicted octanol–water partition coefficient (Wildman–Crippen LogP) is 5.82. The lowest BCUT2D eigenvalue weighted by molar-refractivity contribution is 0.0516. The first kappa shape index (κ1) is 26.2. The van der Waals surface area contributed by atoms with Crippen molar-refractivity contribution < 1.29 is 19.0 Å². The van der Waals surface area contributed by atoms with Crippen LogP contribution in [0.5, 0.6) is 17.4 Å². The van der Waals surface area contributed by atoms with E-state index in [1.54, 1.807) is 18.7 Å². The average molecular weight is 519 g/mol. The molecule has 0 atom stereocenters. The molecule has 0 amide bonds. The highest BCUT2D eigenvalue weighted by Crippen LogP contribution is 2.36. The fourth-order valence-corrected chi connectivity index (χ4v) is 5.72. The summed E-state index contributed by atoms with van der Waals surface area (Å²) in [5, 5.41) is 8.28. The van der Waals surface area contributed by atoms with Crippen LogP contribution in [0.4, 0.5) is 0 Å². The number of benzene rings is 2. The van der Waals surface area contributed by atoms with Gasteiger partial charge >= 0.3 is 5.97 Å². The minimum Gasteiger partial charge on any atom is -0.497 e. The number of nitrogens with zero attached hydrogens (tertiary/aromatic N) is 4. The molecule has 2 heterocycles. The van der Waals surface area contributed by atoms with E-state index in [-0.39, 0.29) is 18.2 Å². The van der Waals surface area contributed by atoms with Crippen LogP contribution in [0.3, 0.4) is 0 Å². The van der Waals surface area contributed by atoms with Crippen LogP contribution in [0.15, 0.2) is 48.5 Å². The lowest BCUT2D eigenvalue weighted by Crippen LogP contribution is -2.41. The molecule has 38 heavy (non-hydrogen) atoms. The molecule has 1 saturated carbocycles. The second-order valence-electron chi connectivity index (χ2n) is 10.2. The number of piperidine rings is 1. The van der Waals surface area contributed by atoms with Crippen LogP contribution in [0.25, 0.3) is 0 Å². The molecule has 1 aromatic heterocycles. The van der Waals surface area contributed by atoms with Gasteiger partial charge in [0.2, 0.25) is 5.69 Å². The van der Waals surface area contributed by atoms with Gasteiger partial charge in [-0.1, -0.05) is 35.9 Å². The molecule has 0 N–H and O–H groups in total. The van der Waals surface area contributed by atoms with Gasteiger partial charge < -0.3 is 19.1 Å². The van der Waals surface area contributed by atoms with Gasteiger partial charge in [-0.05, 0) is 99.8 Å². The van der Waals surface area contributed by atoms with Crippen molar-refractivity contribution >= 4 is 5.97 Å². The zero-order chi connectivity index (χ0) is 26.3. The van der Waals surface area contributed by atoms with Gasteiger partial charge in [-0.3, -0.25) is 0 Å². The second-order valence-corrected chi connectivity index (χ2v) is 10.2. The van der Waals surface area contributed by atoms with E-state index in [4.69, 9.17) is 14.2 Å². The second kappa shape index (κ2) is 12.4. The van der Waals surface area contributed by atoms with Crippen molar-refractivity contribution in [3.63, 3.8) is 0 Å². The van der Waals surface area contributed by atoms with Gasteiger partial charge in [-0.15, -0.1) is 5.10 Å². The van der Waals surface area contributed by atoms with E-state index in [0.29, 0.717) is 18.2 Å². The molecule has 202 valence electrons. The minimum atomic E-state index is -0.550. The quantitative estimate of drug-likeness (QED) is 0.331. The Kier molecular flexibility index (Phi) is 8.58. The normalized spacial score (nSPS) is 20.2. The number of carbonyl (C=O) groups excluding carboxylic acids is 1. The van der Waals surface area contributed by atoms with Gasteiger partial charge in [0.05, 0.1) is 20.3 Å². The van der Waals surface area contributed by atoms with Crippen LogP contribution in [-0.4, -0.2) is 58.7 Å². The number of methoxy groups -OCH3 is 1. The lowest BCUT2D eigenvalue weighted by atomic mass is 9.81. The van der Waals surface area contributed by atoms with Crippen LogP contribution >= 0.6 is 0 Å². The molecule has 5 rings (SSSR count). The van der Waals surface area contributed by atoms with Crippen LogP contribution < -0.4 is 9.47 Å². The Hall–Kier alpha value is -3.39. The van der Waals surface area contributed by atoms with Gasteiger partial charge in [0, 0.05) is 6.04 Å². The molecule has 0 radical (unpaired) electrons. The predicted molar refractivity (Wildman–Crippen MR) is 145 cm³/mol. The molecule has 1 saturated heterocycles. The number of hydrogen-bond donors (Lipinski definition) is 0. The minimum absolute atomic E-state index is 0.0699. The molecule has 2 fully saturated rings. The van der Waals surface area contributed by atoms with Gasteiger partial charge in [0.25, 0.3) is 5.88 Å². The first-order valence-electron chi connectivity index (χ1n) is 13.9. The monoisotopic (exact) mass is 518 g/mol. The van der Waals surface area contributed by atoms with Crippen molar-refractivity contribution in [1.29, 1.82) is 0 Å².